The van der Waals surface area contributed by atoms with Crippen LogP contribution in [0.5, 0.6) is 5.88 Å². The molecule has 1 amide bonds. The van der Waals surface area contributed by atoms with E-state index in [9.17, 15) is 4.79 Å². The smallest absolute Gasteiger partial charge is 0.247 e. The number of hydrogen-bond donors (Lipinski definition) is 0. The molecule has 0 saturated heterocycles. The first kappa shape index (κ1) is 18.4. The minimum absolute atomic E-state index is 0.150. The van der Waals surface area contributed by atoms with Crippen LogP contribution in [0.4, 0.5) is 5.69 Å². The Labute approximate surface area is 167 Å². The van der Waals surface area contributed by atoms with Gasteiger partial charge in [0.15, 0.2) is 5.69 Å². The minimum atomic E-state index is -0.704. The fourth-order valence-electron chi connectivity index (χ4n) is 3.15. The summed E-state index contributed by atoms with van der Waals surface area (Å²) < 4.78 is 6.26. The molecule has 0 N–H and O–H groups in total. The predicted molar refractivity (Wildman–Crippen MR) is 107 cm³/mol. The summed E-state index contributed by atoms with van der Waals surface area (Å²) in [7, 11) is 0. The molecule has 3 aromatic rings. The van der Waals surface area contributed by atoms with Crippen molar-refractivity contribution < 1.29 is 9.53 Å². The number of amides is 1. The number of aryl methyl sites for hydroxylation is 1. The van der Waals surface area contributed by atoms with Gasteiger partial charge in [-0.25, -0.2) is 0 Å². The van der Waals surface area contributed by atoms with Crippen molar-refractivity contribution in [2.45, 2.75) is 32.2 Å². The molecule has 7 nitrogen and oxygen atoms in total. The fraction of sp³-hybridized carbons (Fsp3) is 0.250. The molecule has 8 heteroatoms. The van der Waals surface area contributed by atoms with E-state index in [2.05, 4.69) is 20.2 Å². The Kier molecular flexibility index (Phi) is 4.95. The van der Waals surface area contributed by atoms with Gasteiger partial charge in [0.2, 0.25) is 23.2 Å². The van der Waals surface area contributed by atoms with E-state index >= 15 is 0 Å². The third-order valence-corrected chi connectivity index (χ3v) is 5.06. The van der Waals surface area contributed by atoms with E-state index in [1.807, 2.05) is 44.2 Å². The van der Waals surface area contributed by atoms with Crippen molar-refractivity contribution in [3.8, 4) is 17.1 Å². The lowest BCUT2D eigenvalue weighted by Gasteiger charge is -2.29. The lowest BCUT2D eigenvalue weighted by Crippen LogP contribution is -2.36. The van der Waals surface area contributed by atoms with Crippen LogP contribution in [0.1, 0.15) is 31.2 Å². The number of pyridine rings is 1. The number of ether oxygens (including phenoxy) is 1. The van der Waals surface area contributed by atoms with E-state index in [0.29, 0.717) is 22.4 Å². The molecule has 0 aliphatic carbocycles. The summed E-state index contributed by atoms with van der Waals surface area (Å²) in [6, 6.07) is 9.53. The van der Waals surface area contributed by atoms with Crippen LogP contribution in [0.2, 0.25) is 0 Å². The van der Waals surface area contributed by atoms with Gasteiger partial charge in [0, 0.05) is 30.4 Å². The van der Waals surface area contributed by atoms with Crippen LogP contribution >= 0.6 is 11.8 Å². The van der Waals surface area contributed by atoms with Gasteiger partial charge in [-0.3, -0.25) is 14.7 Å². The zero-order valence-electron chi connectivity index (χ0n) is 15.8. The van der Waals surface area contributed by atoms with Crippen LogP contribution in [-0.2, 0) is 4.79 Å². The Hall–Kier alpha value is -3.00. The molecule has 1 aliphatic heterocycles. The van der Waals surface area contributed by atoms with Crippen LogP contribution < -0.4 is 9.64 Å². The molecule has 28 heavy (non-hydrogen) atoms. The first-order chi connectivity index (χ1) is 13.6. The maximum absolute atomic E-state index is 12.7. The Morgan fingerprint density at radius 3 is 2.86 bits per heavy atom. The van der Waals surface area contributed by atoms with E-state index < -0.39 is 6.23 Å². The number of carbonyl (C=O) groups excluding carboxylic acids is 1. The molecular formula is C20H19N5O2S. The number of nitrogens with zero attached hydrogens (tertiary/aromatic N) is 5. The van der Waals surface area contributed by atoms with Crippen molar-refractivity contribution in [1.29, 1.82) is 0 Å². The quantitative estimate of drug-likeness (QED) is 0.626. The highest BCUT2D eigenvalue weighted by Gasteiger charge is 2.34. The van der Waals surface area contributed by atoms with E-state index in [1.165, 1.54) is 18.7 Å². The van der Waals surface area contributed by atoms with E-state index in [1.54, 1.807) is 17.3 Å². The highest BCUT2D eigenvalue weighted by Crippen LogP contribution is 2.43. The summed E-state index contributed by atoms with van der Waals surface area (Å²) >= 11 is 1.49. The van der Waals surface area contributed by atoms with Crippen LogP contribution in [0, 0.1) is 6.92 Å². The van der Waals surface area contributed by atoms with E-state index in [0.717, 1.165) is 22.4 Å². The average Bonchev–Trinajstić information content (AvgIpc) is 2.83. The van der Waals surface area contributed by atoms with Crippen molar-refractivity contribution in [3.05, 3.63) is 53.9 Å². The summed E-state index contributed by atoms with van der Waals surface area (Å²) in [4.78, 5) is 23.0. The number of carbonyl (C=O) groups is 1. The average molecular weight is 393 g/mol. The van der Waals surface area contributed by atoms with Crippen molar-refractivity contribution in [2.75, 3.05) is 10.7 Å². The second kappa shape index (κ2) is 7.55. The molecule has 0 fully saturated rings. The normalized spacial score (nSPS) is 15.2. The van der Waals surface area contributed by atoms with Crippen molar-refractivity contribution >= 4 is 23.4 Å². The Morgan fingerprint density at radius 2 is 2.14 bits per heavy atom. The molecule has 1 aliphatic rings. The van der Waals surface area contributed by atoms with Crippen molar-refractivity contribution in [2.24, 2.45) is 0 Å². The monoisotopic (exact) mass is 393 g/mol. The van der Waals surface area contributed by atoms with Gasteiger partial charge in [0.1, 0.15) is 0 Å². The van der Waals surface area contributed by atoms with E-state index in [-0.39, 0.29) is 5.91 Å². The maximum atomic E-state index is 12.7. The largest absolute Gasteiger partial charge is 0.447 e. The van der Waals surface area contributed by atoms with Gasteiger partial charge < -0.3 is 4.74 Å². The van der Waals surface area contributed by atoms with Gasteiger partial charge in [0.05, 0.1) is 5.69 Å². The van der Waals surface area contributed by atoms with Gasteiger partial charge in [0.25, 0.3) is 0 Å². The summed E-state index contributed by atoms with van der Waals surface area (Å²) in [5.74, 6) is 1.03. The standard InChI is InChI=1S/C20H19N5O2S/c1-4-28-20-22-18-17(23-24-20)15-10-12(2)7-8-16(15)25(13(3)26)19(27-18)14-6-5-9-21-11-14/h5-11,19H,4H2,1-3H3. The molecule has 1 unspecified atom stereocenters. The molecule has 3 heterocycles. The zero-order valence-corrected chi connectivity index (χ0v) is 16.6. The Morgan fingerprint density at radius 1 is 1.29 bits per heavy atom. The Bertz CT molecular complexity index is 1030. The number of anilines is 1. The molecule has 1 atom stereocenters. The number of thioether (sulfide) groups is 1. The lowest BCUT2D eigenvalue weighted by molar-refractivity contribution is -0.118. The van der Waals surface area contributed by atoms with Gasteiger partial charge in [-0.1, -0.05) is 36.4 Å². The lowest BCUT2D eigenvalue weighted by atomic mass is 10.0. The molecule has 0 spiro atoms. The van der Waals surface area contributed by atoms with Crippen LogP contribution in [-0.4, -0.2) is 31.8 Å². The van der Waals surface area contributed by atoms with Crippen molar-refractivity contribution in [3.63, 3.8) is 0 Å². The van der Waals surface area contributed by atoms with Gasteiger partial charge in [-0.15, -0.1) is 10.2 Å². The summed E-state index contributed by atoms with van der Waals surface area (Å²) in [5, 5.41) is 9.15. The molecule has 2 aromatic heterocycles. The predicted octanol–water partition coefficient (Wildman–Crippen LogP) is 3.80. The highest BCUT2D eigenvalue weighted by atomic mass is 32.2. The molecule has 0 saturated carbocycles. The molecular weight excluding hydrogens is 374 g/mol. The third kappa shape index (κ3) is 3.31. The molecule has 0 bridgehead atoms. The summed E-state index contributed by atoms with van der Waals surface area (Å²) in [6.45, 7) is 5.53. The highest BCUT2D eigenvalue weighted by molar-refractivity contribution is 7.99. The molecule has 4 rings (SSSR count). The number of hydrogen-bond acceptors (Lipinski definition) is 7. The van der Waals surface area contributed by atoms with Gasteiger partial charge >= 0.3 is 0 Å². The van der Waals surface area contributed by atoms with Crippen LogP contribution in [0.3, 0.4) is 0 Å². The molecule has 142 valence electrons. The van der Waals surface area contributed by atoms with Gasteiger partial charge in [-0.2, -0.15) is 4.98 Å². The second-order valence-electron chi connectivity index (χ2n) is 6.35. The fourth-order valence-corrected chi connectivity index (χ4v) is 3.65. The third-order valence-electron chi connectivity index (χ3n) is 4.34. The number of rotatable bonds is 3. The second-order valence-corrected chi connectivity index (χ2v) is 7.58. The SMILES string of the molecule is CCSc1nnc2c(n1)OC(c1cccnc1)N(C(C)=O)c1ccc(C)cc1-2. The first-order valence-corrected chi connectivity index (χ1v) is 9.92. The molecule has 0 radical (unpaired) electrons. The zero-order chi connectivity index (χ0) is 19.7. The minimum Gasteiger partial charge on any atom is -0.447 e. The van der Waals surface area contributed by atoms with Crippen LogP contribution in [0.25, 0.3) is 11.3 Å². The Balaban J connectivity index is 1.97. The summed E-state index contributed by atoms with van der Waals surface area (Å²) in [5.41, 5.74) is 3.79. The van der Waals surface area contributed by atoms with Crippen LogP contribution in [0.15, 0.2) is 47.9 Å². The number of fused-ring (bicyclic) bond motifs is 3. The summed E-state index contributed by atoms with van der Waals surface area (Å²) in [6.07, 6.45) is 2.67. The number of aromatic nitrogens is 4. The number of benzene rings is 1. The first-order valence-electron chi connectivity index (χ1n) is 8.93. The van der Waals surface area contributed by atoms with Crippen molar-refractivity contribution in [1.82, 2.24) is 20.2 Å². The van der Waals surface area contributed by atoms with Gasteiger partial charge in [-0.05, 0) is 30.9 Å². The topological polar surface area (TPSA) is 81.1 Å². The van der Waals surface area contributed by atoms with E-state index in [4.69, 9.17) is 4.74 Å². The molecule has 1 aromatic carbocycles. The maximum Gasteiger partial charge on any atom is 0.247 e.